The van der Waals surface area contributed by atoms with Crippen LogP contribution in [-0.4, -0.2) is 42.1 Å². The smallest absolute Gasteiger partial charge is 0.241 e. The molecule has 0 aliphatic heterocycles. The van der Waals surface area contributed by atoms with Crippen molar-refractivity contribution in [3.63, 3.8) is 0 Å². The second-order valence-corrected chi connectivity index (χ2v) is 6.27. The van der Waals surface area contributed by atoms with E-state index < -0.39 is 6.04 Å². The van der Waals surface area contributed by atoms with Crippen molar-refractivity contribution in [3.8, 4) is 0 Å². The van der Waals surface area contributed by atoms with Crippen LogP contribution in [0.25, 0.3) is 0 Å². The number of anilines is 2. The van der Waals surface area contributed by atoms with Crippen LogP contribution in [-0.2, 0) is 9.59 Å². The molecule has 0 aliphatic carbocycles. The number of nitrogens with one attached hydrogen (secondary N) is 2. The van der Waals surface area contributed by atoms with Gasteiger partial charge in [-0.15, -0.1) is 0 Å². The number of rotatable bonds is 7. The maximum absolute atomic E-state index is 12.9. The largest absolute Gasteiger partial charge is 0.325 e. The van der Waals surface area contributed by atoms with Gasteiger partial charge in [0.2, 0.25) is 11.8 Å². The van der Waals surface area contributed by atoms with Gasteiger partial charge in [-0.3, -0.25) is 19.3 Å². The SMILES string of the molecule is CC(=O)c1ccc(NC(=O)[C@H](C)N(C)CC(=O)Nc2ccc(F)cc2)cc1. The molecule has 7 heteroatoms. The van der Waals surface area contributed by atoms with Gasteiger partial charge in [0, 0.05) is 16.9 Å². The fraction of sp³-hybridized carbons (Fsp3) is 0.250. The lowest BCUT2D eigenvalue weighted by Gasteiger charge is -2.23. The molecule has 0 unspecified atom stereocenters. The predicted molar refractivity (Wildman–Crippen MR) is 102 cm³/mol. The maximum atomic E-state index is 12.9. The summed E-state index contributed by atoms with van der Waals surface area (Å²) in [6.07, 6.45) is 0. The van der Waals surface area contributed by atoms with Gasteiger partial charge in [0.25, 0.3) is 0 Å². The lowest BCUT2D eigenvalue weighted by Crippen LogP contribution is -2.43. The predicted octanol–water partition coefficient (Wildman–Crippen LogP) is 2.93. The van der Waals surface area contributed by atoms with Gasteiger partial charge in [-0.25, -0.2) is 4.39 Å². The van der Waals surface area contributed by atoms with E-state index >= 15 is 0 Å². The molecule has 0 saturated carbocycles. The molecular formula is C20H22FN3O3. The minimum Gasteiger partial charge on any atom is -0.325 e. The number of amides is 2. The Morgan fingerprint density at radius 1 is 0.963 bits per heavy atom. The highest BCUT2D eigenvalue weighted by atomic mass is 19.1. The highest BCUT2D eigenvalue weighted by Gasteiger charge is 2.20. The molecular weight excluding hydrogens is 349 g/mol. The highest BCUT2D eigenvalue weighted by Crippen LogP contribution is 2.12. The molecule has 0 bridgehead atoms. The normalized spacial score (nSPS) is 11.7. The number of Topliss-reactive ketones (excluding diaryl/α,β-unsaturated/α-hetero) is 1. The number of hydrogen-bond acceptors (Lipinski definition) is 4. The van der Waals surface area contributed by atoms with Crippen molar-refractivity contribution in [2.45, 2.75) is 19.9 Å². The molecule has 0 aromatic heterocycles. The van der Waals surface area contributed by atoms with E-state index in [-0.39, 0.29) is 30.0 Å². The van der Waals surface area contributed by atoms with Crippen LogP contribution in [0.15, 0.2) is 48.5 Å². The second-order valence-electron chi connectivity index (χ2n) is 6.27. The zero-order valence-corrected chi connectivity index (χ0v) is 15.5. The Labute approximate surface area is 157 Å². The van der Waals surface area contributed by atoms with Crippen LogP contribution < -0.4 is 10.6 Å². The van der Waals surface area contributed by atoms with E-state index in [1.54, 1.807) is 43.1 Å². The summed E-state index contributed by atoms with van der Waals surface area (Å²) in [5.74, 6) is -1.02. The highest BCUT2D eigenvalue weighted by molar-refractivity contribution is 5.97. The molecule has 0 saturated heterocycles. The number of carbonyl (C=O) groups excluding carboxylic acids is 3. The molecule has 0 radical (unpaired) electrons. The van der Waals surface area contributed by atoms with Crippen LogP contribution in [0.2, 0.25) is 0 Å². The molecule has 27 heavy (non-hydrogen) atoms. The monoisotopic (exact) mass is 371 g/mol. The van der Waals surface area contributed by atoms with E-state index in [2.05, 4.69) is 10.6 Å². The minimum atomic E-state index is -0.559. The van der Waals surface area contributed by atoms with E-state index in [0.29, 0.717) is 16.9 Å². The van der Waals surface area contributed by atoms with Gasteiger partial charge in [-0.1, -0.05) is 0 Å². The summed E-state index contributed by atoms with van der Waals surface area (Å²) in [6, 6.07) is 11.5. The number of likely N-dealkylation sites (N-methyl/N-ethyl adjacent to an activating group) is 1. The number of halogens is 1. The lowest BCUT2D eigenvalue weighted by atomic mass is 10.1. The first kappa shape index (κ1) is 20.3. The number of carbonyl (C=O) groups is 3. The molecule has 0 aliphatic rings. The van der Waals surface area contributed by atoms with Gasteiger partial charge in [-0.05, 0) is 69.4 Å². The third-order valence-electron chi connectivity index (χ3n) is 4.12. The molecule has 2 amide bonds. The summed E-state index contributed by atoms with van der Waals surface area (Å²) in [5, 5.41) is 5.40. The Morgan fingerprint density at radius 3 is 2.04 bits per heavy atom. The fourth-order valence-corrected chi connectivity index (χ4v) is 2.33. The van der Waals surface area contributed by atoms with Crippen LogP contribution >= 0.6 is 0 Å². The van der Waals surface area contributed by atoms with Gasteiger partial charge in [0.1, 0.15) is 5.82 Å². The van der Waals surface area contributed by atoms with E-state index in [1.165, 1.54) is 31.2 Å². The van der Waals surface area contributed by atoms with Gasteiger partial charge >= 0.3 is 0 Å². The molecule has 2 rings (SSSR count). The van der Waals surface area contributed by atoms with Gasteiger partial charge in [0.15, 0.2) is 5.78 Å². The van der Waals surface area contributed by atoms with Crippen molar-refractivity contribution in [2.24, 2.45) is 0 Å². The van der Waals surface area contributed by atoms with Gasteiger partial charge < -0.3 is 10.6 Å². The molecule has 0 spiro atoms. The van der Waals surface area contributed by atoms with E-state index in [9.17, 15) is 18.8 Å². The number of hydrogen-bond donors (Lipinski definition) is 2. The summed E-state index contributed by atoms with van der Waals surface area (Å²) in [5.41, 5.74) is 1.62. The van der Waals surface area contributed by atoms with Crippen LogP contribution in [0.4, 0.5) is 15.8 Å². The topological polar surface area (TPSA) is 78.5 Å². The van der Waals surface area contributed by atoms with Crippen LogP contribution in [0.3, 0.4) is 0 Å². The summed E-state index contributed by atoms with van der Waals surface area (Å²) in [4.78, 5) is 37.3. The van der Waals surface area contributed by atoms with E-state index in [0.717, 1.165) is 0 Å². The number of nitrogens with zero attached hydrogens (tertiary/aromatic N) is 1. The molecule has 1 atom stereocenters. The van der Waals surface area contributed by atoms with E-state index in [4.69, 9.17) is 0 Å². The van der Waals surface area contributed by atoms with Gasteiger partial charge in [0.05, 0.1) is 12.6 Å². The van der Waals surface area contributed by atoms with Crippen LogP contribution in [0, 0.1) is 5.82 Å². The van der Waals surface area contributed by atoms with Crippen LogP contribution in [0.5, 0.6) is 0 Å². The Bertz CT molecular complexity index is 819. The third-order valence-corrected chi connectivity index (χ3v) is 4.12. The molecule has 2 aromatic rings. The Morgan fingerprint density at radius 2 is 1.48 bits per heavy atom. The van der Waals surface area contributed by atoms with Crippen molar-refractivity contribution >= 4 is 29.0 Å². The standard InChI is InChI=1S/C20H22FN3O3/c1-13(20(27)23-18-8-4-15(5-9-18)14(2)25)24(3)12-19(26)22-17-10-6-16(21)7-11-17/h4-11,13H,12H2,1-3H3,(H,22,26)(H,23,27)/t13-/m0/s1. The third kappa shape index (κ3) is 6.00. The second kappa shape index (κ2) is 9.05. The van der Waals surface area contributed by atoms with E-state index in [1.807, 2.05) is 0 Å². The molecule has 0 fully saturated rings. The van der Waals surface area contributed by atoms with Crippen molar-refractivity contribution < 1.29 is 18.8 Å². The summed E-state index contributed by atoms with van der Waals surface area (Å²) < 4.78 is 12.9. The van der Waals surface area contributed by atoms with Crippen molar-refractivity contribution in [1.82, 2.24) is 4.90 Å². The Balaban J connectivity index is 1.88. The number of ketones is 1. The van der Waals surface area contributed by atoms with Crippen molar-refractivity contribution in [2.75, 3.05) is 24.2 Å². The molecule has 6 nitrogen and oxygen atoms in total. The zero-order chi connectivity index (χ0) is 20.0. The maximum Gasteiger partial charge on any atom is 0.241 e. The molecule has 0 heterocycles. The van der Waals surface area contributed by atoms with Crippen LogP contribution in [0.1, 0.15) is 24.2 Å². The molecule has 2 N–H and O–H groups in total. The minimum absolute atomic E-state index is 0.00472. The summed E-state index contributed by atoms with van der Waals surface area (Å²) in [6.45, 7) is 3.15. The average Bonchev–Trinajstić information content (AvgIpc) is 2.63. The first-order chi connectivity index (χ1) is 12.8. The summed E-state index contributed by atoms with van der Waals surface area (Å²) >= 11 is 0. The van der Waals surface area contributed by atoms with Gasteiger partial charge in [-0.2, -0.15) is 0 Å². The first-order valence-corrected chi connectivity index (χ1v) is 8.44. The molecule has 2 aromatic carbocycles. The molecule has 142 valence electrons. The zero-order valence-electron chi connectivity index (χ0n) is 15.5. The Kier molecular flexibility index (Phi) is 6.79. The average molecular weight is 371 g/mol. The number of benzene rings is 2. The van der Waals surface area contributed by atoms with Crippen molar-refractivity contribution in [3.05, 3.63) is 59.9 Å². The first-order valence-electron chi connectivity index (χ1n) is 8.44. The quantitative estimate of drug-likeness (QED) is 0.734. The summed E-state index contributed by atoms with van der Waals surface area (Å²) in [7, 11) is 1.66. The lowest BCUT2D eigenvalue weighted by molar-refractivity contribution is -0.122. The fourth-order valence-electron chi connectivity index (χ4n) is 2.33. The van der Waals surface area contributed by atoms with Crippen molar-refractivity contribution in [1.29, 1.82) is 0 Å². The Hall–Kier alpha value is -3.06.